The van der Waals surface area contributed by atoms with Gasteiger partial charge in [-0.2, -0.15) is 0 Å². The number of fused-ring (bicyclic) bond motifs is 2. The molecule has 0 spiro atoms. The van der Waals surface area contributed by atoms with E-state index in [9.17, 15) is 4.79 Å². The Kier molecular flexibility index (Phi) is 4.24. The van der Waals surface area contributed by atoms with Crippen LogP contribution in [0.3, 0.4) is 0 Å². The minimum absolute atomic E-state index is 0.202. The Morgan fingerprint density at radius 3 is 1.96 bits per heavy atom. The first-order valence-electron chi connectivity index (χ1n) is 6.98. The van der Waals surface area contributed by atoms with Crippen LogP contribution in [-0.2, 0) is 0 Å². The third kappa shape index (κ3) is 2.27. The number of benzene rings is 2. The third-order valence-corrected chi connectivity index (χ3v) is 4.73. The molecule has 0 atom stereocenters. The van der Waals surface area contributed by atoms with Crippen LogP contribution in [0.5, 0.6) is 17.2 Å². The molecule has 0 saturated carbocycles. The van der Waals surface area contributed by atoms with Crippen molar-refractivity contribution < 1.29 is 18.6 Å². The van der Waals surface area contributed by atoms with Gasteiger partial charge in [0.25, 0.3) is 0 Å². The number of halogens is 2. The summed E-state index contributed by atoms with van der Waals surface area (Å²) in [5.74, 6) is 0.978. The first kappa shape index (κ1) is 16.7. The number of aryl methyl sites for hydroxylation is 1. The van der Waals surface area contributed by atoms with Gasteiger partial charge in [-0.3, -0.25) is 4.79 Å². The number of ether oxygens (including phenoxy) is 3. The molecule has 0 aliphatic heterocycles. The molecular weight excluding hydrogens is 355 g/mol. The second kappa shape index (κ2) is 6.07. The third-order valence-electron chi connectivity index (χ3n) is 3.90. The normalized spacial score (nSPS) is 11.1. The lowest BCUT2D eigenvalue weighted by Crippen LogP contribution is -2.07. The molecule has 0 fully saturated rings. The SMILES string of the molecule is COc1cc2oc3cc(OC)c(Cl)c(OC)c3c(=O)c2c(C)c1Cl. The van der Waals surface area contributed by atoms with Gasteiger partial charge in [-0.1, -0.05) is 23.2 Å². The maximum atomic E-state index is 13.1. The predicted octanol–water partition coefficient (Wildman–Crippen LogP) is 4.59. The van der Waals surface area contributed by atoms with E-state index in [1.54, 1.807) is 19.1 Å². The first-order chi connectivity index (χ1) is 11.4. The Balaban J connectivity index is 2.59. The van der Waals surface area contributed by atoms with E-state index in [0.717, 1.165) is 0 Å². The van der Waals surface area contributed by atoms with E-state index in [-0.39, 0.29) is 21.6 Å². The monoisotopic (exact) mass is 368 g/mol. The molecule has 0 aliphatic carbocycles. The zero-order valence-electron chi connectivity index (χ0n) is 13.5. The van der Waals surface area contributed by atoms with Crippen molar-refractivity contribution in [3.8, 4) is 17.2 Å². The molecule has 0 unspecified atom stereocenters. The van der Waals surface area contributed by atoms with Crippen molar-refractivity contribution in [2.24, 2.45) is 0 Å². The van der Waals surface area contributed by atoms with Crippen molar-refractivity contribution in [3.63, 3.8) is 0 Å². The van der Waals surface area contributed by atoms with Crippen molar-refractivity contribution in [1.29, 1.82) is 0 Å². The highest BCUT2D eigenvalue weighted by Gasteiger charge is 2.22. The van der Waals surface area contributed by atoms with E-state index in [0.29, 0.717) is 38.6 Å². The summed E-state index contributed by atoms with van der Waals surface area (Å²) in [5.41, 5.74) is 0.942. The van der Waals surface area contributed by atoms with E-state index >= 15 is 0 Å². The second-order valence-electron chi connectivity index (χ2n) is 5.12. The molecule has 0 bridgehead atoms. The summed E-state index contributed by atoms with van der Waals surface area (Å²) in [5, 5.41) is 1.15. The average molecular weight is 369 g/mol. The Bertz CT molecular complexity index is 1020. The van der Waals surface area contributed by atoms with Gasteiger partial charge in [-0.25, -0.2) is 0 Å². The Labute approximate surface area is 147 Å². The predicted molar refractivity (Wildman–Crippen MR) is 94.4 cm³/mol. The van der Waals surface area contributed by atoms with Crippen molar-refractivity contribution >= 4 is 45.1 Å². The van der Waals surface area contributed by atoms with E-state index < -0.39 is 0 Å². The molecule has 1 aromatic heterocycles. The number of rotatable bonds is 3. The Hall–Kier alpha value is -2.11. The Morgan fingerprint density at radius 2 is 1.42 bits per heavy atom. The van der Waals surface area contributed by atoms with Crippen LogP contribution in [0.1, 0.15) is 5.56 Å². The topological polar surface area (TPSA) is 57.9 Å². The minimum Gasteiger partial charge on any atom is -0.495 e. The number of methoxy groups -OCH3 is 3. The van der Waals surface area contributed by atoms with E-state index in [1.807, 2.05) is 0 Å². The highest BCUT2D eigenvalue weighted by molar-refractivity contribution is 6.35. The van der Waals surface area contributed by atoms with E-state index in [4.69, 9.17) is 41.8 Å². The molecule has 1 heterocycles. The summed E-state index contributed by atoms with van der Waals surface area (Å²) in [7, 11) is 4.40. The smallest absolute Gasteiger partial charge is 0.204 e. The quantitative estimate of drug-likeness (QED) is 0.632. The minimum atomic E-state index is -0.283. The van der Waals surface area contributed by atoms with E-state index in [1.165, 1.54) is 21.3 Å². The standard InChI is InChI=1S/C17H14Cl2O5/c1-7-12-8(5-10(21-2)14(7)18)24-9-6-11(22-3)15(19)17(23-4)13(9)16(12)20/h5-6H,1-4H3. The fourth-order valence-corrected chi connectivity index (χ4v) is 3.24. The van der Waals surface area contributed by atoms with Gasteiger partial charge in [-0.15, -0.1) is 0 Å². The fraction of sp³-hybridized carbons (Fsp3) is 0.235. The average Bonchev–Trinajstić information content (AvgIpc) is 2.57. The number of hydrogen-bond acceptors (Lipinski definition) is 5. The van der Waals surface area contributed by atoms with Crippen LogP contribution < -0.4 is 19.6 Å². The molecule has 126 valence electrons. The van der Waals surface area contributed by atoms with Gasteiger partial charge in [0, 0.05) is 12.1 Å². The highest BCUT2D eigenvalue weighted by Crippen LogP contribution is 2.41. The van der Waals surface area contributed by atoms with Crippen molar-refractivity contribution in [3.05, 3.63) is 38.0 Å². The molecule has 24 heavy (non-hydrogen) atoms. The summed E-state index contributed by atoms with van der Waals surface area (Å²) < 4.78 is 21.6. The van der Waals surface area contributed by atoms with Gasteiger partial charge >= 0.3 is 0 Å². The second-order valence-corrected chi connectivity index (χ2v) is 5.88. The highest BCUT2D eigenvalue weighted by atomic mass is 35.5. The molecular formula is C17H14Cl2O5. The van der Waals surface area contributed by atoms with Crippen LogP contribution in [0.15, 0.2) is 21.3 Å². The van der Waals surface area contributed by atoms with Crippen LogP contribution in [0.4, 0.5) is 0 Å². The molecule has 2 aromatic carbocycles. The lowest BCUT2D eigenvalue weighted by molar-refractivity contribution is 0.397. The summed E-state index contributed by atoms with van der Waals surface area (Å²) in [4.78, 5) is 13.1. The molecule has 5 nitrogen and oxygen atoms in total. The van der Waals surface area contributed by atoms with Crippen LogP contribution in [-0.4, -0.2) is 21.3 Å². The Morgan fingerprint density at radius 1 is 0.875 bits per heavy atom. The van der Waals surface area contributed by atoms with Crippen LogP contribution in [0.25, 0.3) is 21.9 Å². The van der Waals surface area contributed by atoms with Gasteiger partial charge in [0.15, 0.2) is 5.75 Å². The molecule has 7 heteroatoms. The fourth-order valence-electron chi connectivity index (χ4n) is 2.71. The van der Waals surface area contributed by atoms with Gasteiger partial charge < -0.3 is 18.6 Å². The lowest BCUT2D eigenvalue weighted by Gasteiger charge is -2.13. The molecule has 0 radical (unpaired) electrons. The largest absolute Gasteiger partial charge is 0.495 e. The molecule has 3 rings (SSSR count). The van der Waals surface area contributed by atoms with Crippen molar-refractivity contribution in [1.82, 2.24) is 0 Å². The first-order valence-corrected chi connectivity index (χ1v) is 7.74. The summed E-state index contributed by atoms with van der Waals surface area (Å²) >= 11 is 12.5. The summed E-state index contributed by atoms with van der Waals surface area (Å²) in [6.07, 6.45) is 0. The molecule has 0 amide bonds. The van der Waals surface area contributed by atoms with Gasteiger partial charge in [-0.05, 0) is 12.5 Å². The maximum absolute atomic E-state index is 13.1. The van der Waals surface area contributed by atoms with Crippen molar-refractivity contribution in [2.75, 3.05) is 21.3 Å². The van der Waals surface area contributed by atoms with Crippen molar-refractivity contribution in [2.45, 2.75) is 6.92 Å². The zero-order chi connectivity index (χ0) is 17.6. The number of hydrogen-bond donors (Lipinski definition) is 0. The summed E-state index contributed by atoms with van der Waals surface area (Å²) in [6.45, 7) is 1.73. The lowest BCUT2D eigenvalue weighted by atomic mass is 10.1. The molecule has 0 saturated heterocycles. The molecule has 3 aromatic rings. The van der Waals surface area contributed by atoms with Gasteiger partial charge in [0.2, 0.25) is 5.43 Å². The molecule has 0 N–H and O–H groups in total. The van der Waals surface area contributed by atoms with Gasteiger partial charge in [0.05, 0.1) is 31.7 Å². The molecule has 0 aliphatic rings. The maximum Gasteiger partial charge on any atom is 0.204 e. The summed E-state index contributed by atoms with van der Waals surface area (Å²) in [6, 6.07) is 3.14. The van der Waals surface area contributed by atoms with Crippen LogP contribution in [0.2, 0.25) is 10.0 Å². The zero-order valence-corrected chi connectivity index (χ0v) is 15.0. The van der Waals surface area contributed by atoms with E-state index in [2.05, 4.69) is 0 Å². The van der Waals surface area contributed by atoms with Crippen LogP contribution in [0, 0.1) is 6.92 Å². The van der Waals surface area contributed by atoms with Crippen LogP contribution >= 0.6 is 23.2 Å². The van der Waals surface area contributed by atoms with Gasteiger partial charge in [0.1, 0.15) is 33.1 Å².